The zero-order valence-corrected chi connectivity index (χ0v) is 11.5. The first-order valence-corrected chi connectivity index (χ1v) is 7.70. The summed E-state index contributed by atoms with van der Waals surface area (Å²) >= 11 is 0. The van der Waals surface area contributed by atoms with Gasteiger partial charge in [0.2, 0.25) is 10.0 Å². The molecule has 1 aliphatic rings. The summed E-state index contributed by atoms with van der Waals surface area (Å²) in [5, 5.41) is 7.43. The average molecular weight is 301 g/mol. The molecule has 0 radical (unpaired) electrons. The minimum absolute atomic E-state index is 0.0258. The highest BCUT2D eigenvalue weighted by Gasteiger charge is 2.28. The van der Waals surface area contributed by atoms with Crippen LogP contribution in [0, 0.1) is 11.7 Å². The van der Waals surface area contributed by atoms with Crippen LogP contribution in [0.4, 0.5) is 4.39 Å². The molecule has 0 aromatic heterocycles. The molecule has 0 spiro atoms. The van der Waals surface area contributed by atoms with Crippen molar-refractivity contribution in [3.05, 3.63) is 29.6 Å². The van der Waals surface area contributed by atoms with Crippen LogP contribution in [0.15, 0.2) is 23.1 Å². The van der Waals surface area contributed by atoms with Crippen molar-refractivity contribution in [3.63, 3.8) is 0 Å². The fourth-order valence-electron chi connectivity index (χ4n) is 1.88. The van der Waals surface area contributed by atoms with Gasteiger partial charge in [0.25, 0.3) is 5.91 Å². The smallest absolute Gasteiger partial charge is 0.251 e. The second kappa shape index (κ2) is 5.47. The summed E-state index contributed by atoms with van der Waals surface area (Å²) in [6.45, 7) is 0.308. The van der Waals surface area contributed by atoms with Gasteiger partial charge in [0.05, 0.1) is 0 Å². The largest absolute Gasteiger partial charge is 0.350 e. The fourth-order valence-corrected chi connectivity index (χ4v) is 2.46. The molecule has 1 fully saturated rings. The lowest BCUT2D eigenvalue weighted by Crippen LogP contribution is -2.38. The molecule has 5 N–H and O–H groups in total. The molecule has 1 aromatic rings. The number of amides is 1. The Morgan fingerprint density at radius 2 is 2.10 bits per heavy atom. The second-order valence-electron chi connectivity index (χ2n) is 4.90. The number of hydrogen-bond acceptors (Lipinski definition) is 4. The molecule has 0 aliphatic heterocycles. The maximum atomic E-state index is 13.6. The molecular weight excluding hydrogens is 285 g/mol. The molecule has 1 atom stereocenters. The summed E-state index contributed by atoms with van der Waals surface area (Å²) in [5.41, 5.74) is 5.86. The minimum Gasteiger partial charge on any atom is -0.350 e. The maximum Gasteiger partial charge on any atom is 0.251 e. The number of nitrogens with two attached hydrogens (primary N) is 2. The van der Waals surface area contributed by atoms with Gasteiger partial charge in [0, 0.05) is 18.2 Å². The number of benzene rings is 1. The van der Waals surface area contributed by atoms with E-state index in [1.165, 1.54) is 6.07 Å². The number of primary sulfonamides is 1. The number of halogens is 1. The van der Waals surface area contributed by atoms with Crippen LogP contribution in [0.25, 0.3) is 0 Å². The Hall–Kier alpha value is -1.51. The van der Waals surface area contributed by atoms with Gasteiger partial charge in [-0.3, -0.25) is 4.79 Å². The highest BCUT2D eigenvalue weighted by Crippen LogP contribution is 2.31. The van der Waals surface area contributed by atoms with Crippen LogP contribution >= 0.6 is 0 Å². The van der Waals surface area contributed by atoms with Crippen LogP contribution in [-0.2, 0) is 10.0 Å². The Balaban J connectivity index is 2.05. The summed E-state index contributed by atoms with van der Waals surface area (Å²) in [7, 11) is -4.13. The highest BCUT2D eigenvalue weighted by atomic mass is 32.2. The lowest BCUT2D eigenvalue weighted by molar-refractivity contribution is 0.0949. The maximum absolute atomic E-state index is 13.6. The molecule has 0 saturated heterocycles. The number of carbonyl (C=O) groups is 1. The van der Waals surface area contributed by atoms with Gasteiger partial charge in [-0.1, -0.05) is 0 Å². The van der Waals surface area contributed by atoms with Crippen molar-refractivity contribution >= 4 is 15.9 Å². The van der Waals surface area contributed by atoms with Gasteiger partial charge < -0.3 is 11.1 Å². The van der Waals surface area contributed by atoms with Gasteiger partial charge in [-0.15, -0.1) is 0 Å². The van der Waals surface area contributed by atoms with Gasteiger partial charge in [-0.05, 0) is 37.0 Å². The predicted octanol–water partition coefficient (Wildman–Crippen LogP) is -0.0598. The zero-order valence-electron chi connectivity index (χ0n) is 10.7. The molecule has 8 heteroatoms. The Kier molecular flexibility index (Phi) is 4.07. The molecule has 1 amide bonds. The Bertz CT molecular complexity index is 629. The molecular formula is C12H16FN3O3S. The molecule has 1 aliphatic carbocycles. The first kappa shape index (κ1) is 14.9. The predicted molar refractivity (Wildman–Crippen MR) is 70.8 cm³/mol. The summed E-state index contributed by atoms with van der Waals surface area (Å²) in [6, 6.07) is 2.92. The van der Waals surface area contributed by atoms with E-state index in [2.05, 4.69) is 5.32 Å². The minimum atomic E-state index is -4.13. The third-order valence-corrected chi connectivity index (χ3v) is 4.17. The molecule has 110 valence electrons. The molecule has 1 unspecified atom stereocenters. The molecule has 2 rings (SSSR count). The third-order valence-electron chi connectivity index (χ3n) is 3.23. The van der Waals surface area contributed by atoms with E-state index in [1.807, 2.05) is 0 Å². The van der Waals surface area contributed by atoms with Crippen LogP contribution in [-0.4, -0.2) is 26.9 Å². The fraction of sp³-hybridized carbons (Fsp3) is 0.417. The van der Waals surface area contributed by atoms with Gasteiger partial charge >= 0.3 is 0 Å². The summed E-state index contributed by atoms with van der Waals surface area (Å²) in [6.07, 6.45) is 2.13. The van der Waals surface area contributed by atoms with E-state index in [-0.39, 0.29) is 11.6 Å². The first-order chi connectivity index (χ1) is 9.29. The molecule has 1 aromatic carbocycles. The topological polar surface area (TPSA) is 115 Å². The molecule has 0 heterocycles. The highest BCUT2D eigenvalue weighted by molar-refractivity contribution is 7.89. The van der Waals surface area contributed by atoms with Crippen LogP contribution in [0.1, 0.15) is 23.2 Å². The van der Waals surface area contributed by atoms with E-state index in [0.717, 1.165) is 25.0 Å². The van der Waals surface area contributed by atoms with E-state index in [1.54, 1.807) is 0 Å². The number of sulfonamides is 1. The van der Waals surface area contributed by atoms with E-state index in [9.17, 15) is 17.6 Å². The van der Waals surface area contributed by atoms with E-state index in [4.69, 9.17) is 10.9 Å². The van der Waals surface area contributed by atoms with Crippen molar-refractivity contribution in [2.24, 2.45) is 16.8 Å². The average Bonchev–Trinajstić information content (AvgIpc) is 3.17. The molecule has 20 heavy (non-hydrogen) atoms. The van der Waals surface area contributed by atoms with Crippen LogP contribution < -0.4 is 16.2 Å². The zero-order chi connectivity index (χ0) is 14.9. The van der Waals surface area contributed by atoms with Crippen LogP contribution in [0.5, 0.6) is 0 Å². The number of carbonyl (C=O) groups excluding carboxylic acids is 1. The van der Waals surface area contributed by atoms with Crippen molar-refractivity contribution < 1.29 is 17.6 Å². The second-order valence-corrected chi connectivity index (χ2v) is 6.43. The van der Waals surface area contributed by atoms with E-state index in [0.29, 0.717) is 12.5 Å². The SMILES string of the molecule is NC(CNC(=O)c1ccc(S(N)(=O)=O)c(F)c1)C1CC1. The van der Waals surface area contributed by atoms with Crippen LogP contribution in [0.2, 0.25) is 0 Å². The van der Waals surface area contributed by atoms with E-state index < -0.39 is 26.6 Å². The van der Waals surface area contributed by atoms with Gasteiger partial charge in [-0.2, -0.15) is 0 Å². The van der Waals surface area contributed by atoms with Gasteiger partial charge in [0.1, 0.15) is 10.7 Å². The van der Waals surface area contributed by atoms with Crippen LogP contribution in [0.3, 0.4) is 0 Å². The lowest BCUT2D eigenvalue weighted by atomic mass is 10.1. The lowest BCUT2D eigenvalue weighted by Gasteiger charge is -2.11. The summed E-state index contributed by atoms with van der Waals surface area (Å²) in [5.74, 6) is -1.11. The molecule has 1 saturated carbocycles. The summed E-state index contributed by atoms with van der Waals surface area (Å²) in [4.78, 5) is 11.2. The summed E-state index contributed by atoms with van der Waals surface area (Å²) < 4.78 is 35.7. The standard InChI is InChI=1S/C12H16FN3O3S/c13-9-5-8(3-4-11(9)20(15,18)19)12(17)16-6-10(14)7-1-2-7/h3-5,7,10H,1-2,6,14H2,(H,16,17)(H2,15,18,19). The third kappa shape index (κ3) is 3.53. The monoisotopic (exact) mass is 301 g/mol. The Morgan fingerprint density at radius 3 is 2.60 bits per heavy atom. The quantitative estimate of drug-likeness (QED) is 0.706. The normalized spacial score (nSPS) is 16.8. The molecule has 6 nitrogen and oxygen atoms in total. The Morgan fingerprint density at radius 1 is 1.45 bits per heavy atom. The van der Waals surface area contributed by atoms with Gasteiger partial charge in [-0.25, -0.2) is 17.9 Å². The Labute approximate surface area is 116 Å². The van der Waals surface area contributed by atoms with Crippen molar-refractivity contribution in [2.45, 2.75) is 23.8 Å². The number of rotatable bonds is 5. The first-order valence-electron chi connectivity index (χ1n) is 6.15. The van der Waals surface area contributed by atoms with Crippen molar-refractivity contribution in [1.29, 1.82) is 0 Å². The van der Waals surface area contributed by atoms with E-state index >= 15 is 0 Å². The van der Waals surface area contributed by atoms with Crippen molar-refractivity contribution in [3.8, 4) is 0 Å². The number of nitrogens with one attached hydrogen (secondary N) is 1. The van der Waals surface area contributed by atoms with Crippen molar-refractivity contribution in [2.75, 3.05) is 6.54 Å². The number of hydrogen-bond donors (Lipinski definition) is 3. The molecule has 0 bridgehead atoms. The van der Waals surface area contributed by atoms with Crippen molar-refractivity contribution in [1.82, 2.24) is 5.32 Å². The van der Waals surface area contributed by atoms with Gasteiger partial charge in [0.15, 0.2) is 0 Å².